The van der Waals surface area contributed by atoms with Gasteiger partial charge in [0.1, 0.15) is 0 Å². The first-order valence-corrected chi connectivity index (χ1v) is 6.79. The van der Waals surface area contributed by atoms with Gasteiger partial charge in [0.05, 0.1) is 5.54 Å². The van der Waals surface area contributed by atoms with Gasteiger partial charge in [0.25, 0.3) is 0 Å². The monoisotopic (exact) mass is 222 g/mol. The third-order valence-corrected chi connectivity index (χ3v) is 4.80. The van der Waals surface area contributed by atoms with Crippen molar-refractivity contribution in [1.82, 2.24) is 9.80 Å². The van der Waals surface area contributed by atoms with Crippen molar-refractivity contribution in [3.05, 3.63) is 0 Å². The minimum Gasteiger partial charge on any atom is -0.300 e. The highest BCUT2D eigenvalue weighted by molar-refractivity contribution is 5.90. The lowest BCUT2D eigenvalue weighted by molar-refractivity contribution is -0.127. The molecule has 3 fully saturated rings. The van der Waals surface area contributed by atoms with E-state index in [1.54, 1.807) is 0 Å². The highest BCUT2D eigenvalue weighted by atomic mass is 16.1. The van der Waals surface area contributed by atoms with Gasteiger partial charge in [-0.2, -0.15) is 0 Å². The molecular weight excluding hydrogens is 200 g/mol. The van der Waals surface area contributed by atoms with Gasteiger partial charge < -0.3 is 4.90 Å². The van der Waals surface area contributed by atoms with Gasteiger partial charge in [0.2, 0.25) is 0 Å². The first kappa shape index (κ1) is 10.7. The molecule has 3 nitrogen and oxygen atoms in total. The Labute approximate surface area is 97.8 Å². The van der Waals surface area contributed by atoms with Crippen LogP contribution in [0.2, 0.25) is 0 Å². The number of likely N-dealkylation sites (N-methyl/N-ethyl adjacent to an activating group) is 1. The second-order valence-corrected chi connectivity index (χ2v) is 5.55. The lowest BCUT2D eigenvalue weighted by atomic mass is 9.84. The van der Waals surface area contributed by atoms with Crippen LogP contribution in [-0.2, 0) is 4.79 Å². The molecule has 0 N–H and O–H groups in total. The van der Waals surface area contributed by atoms with E-state index >= 15 is 0 Å². The quantitative estimate of drug-likeness (QED) is 0.703. The molecule has 1 aliphatic carbocycles. The average molecular weight is 222 g/mol. The molecule has 0 atom stereocenters. The smallest absolute Gasteiger partial charge is 0.154 e. The maximum atomic E-state index is 12.2. The van der Waals surface area contributed by atoms with Gasteiger partial charge in [-0.15, -0.1) is 0 Å². The van der Waals surface area contributed by atoms with Crippen LogP contribution in [0.1, 0.15) is 39.0 Å². The lowest BCUT2D eigenvalue weighted by Crippen LogP contribution is -2.55. The van der Waals surface area contributed by atoms with Crippen LogP contribution in [0.5, 0.6) is 0 Å². The van der Waals surface area contributed by atoms with Crippen molar-refractivity contribution in [3.63, 3.8) is 0 Å². The number of hydrogen-bond acceptors (Lipinski definition) is 3. The topological polar surface area (TPSA) is 23.6 Å². The Bertz CT molecular complexity index is 290. The summed E-state index contributed by atoms with van der Waals surface area (Å²) < 4.78 is 0. The molecule has 1 spiro atoms. The molecule has 0 amide bonds. The molecule has 0 unspecified atom stereocenters. The largest absolute Gasteiger partial charge is 0.300 e. The normalized spacial score (nSPS) is 31.4. The molecule has 1 saturated carbocycles. The fraction of sp³-hybridized carbons (Fsp3) is 0.923. The molecule has 16 heavy (non-hydrogen) atoms. The van der Waals surface area contributed by atoms with Crippen molar-refractivity contribution in [2.75, 3.05) is 26.2 Å². The molecule has 2 saturated heterocycles. The van der Waals surface area contributed by atoms with Gasteiger partial charge in [0.15, 0.2) is 5.78 Å². The summed E-state index contributed by atoms with van der Waals surface area (Å²) in [5.74, 6) is 0.518. The summed E-state index contributed by atoms with van der Waals surface area (Å²) >= 11 is 0. The first-order valence-electron chi connectivity index (χ1n) is 6.79. The molecule has 0 radical (unpaired) electrons. The van der Waals surface area contributed by atoms with Crippen molar-refractivity contribution >= 4 is 5.78 Å². The van der Waals surface area contributed by atoms with E-state index in [2.05, 4.69) is 16.7 Å². The van der Waals surface area contributed by atoms with Gasteiger partial charge in [-0.05, 0) is 32.2 Å². The van der Waals surface area contributed by atoms with Crippen LogP contribution in [0.4, 0.5) is 0 Å². The van der Waals surface area contributed by atoms with Crippen molar-refractivity contribution in [2.24, 2.45) is 0 Å². The molecular formula is C13H22N2O. The average Bonchev–Trinajstić information content (AvgIpc) is 3.10. The number of piperidine rings is 1. The zero-order valence-corrected chi connectivity index (χ0v) is 10.2. The fourth-order valence-corrected chi connectivity index (χ4v) is 3.61. The fourth-order valence-electron chi connectivity index (χ4n) is 3.61. The van der Waals surface area contributed by atoms with Gasteiger partial charge in [-0.3, -0.25) is 9.69 Å². The van der Waals surface area contributed by atoms with Crippen LogP contribution < -0.4 is 0 Å². The standard InChI is InChI=1S/C13H22N2O/c1-2-15-8-5-12(16)13(15)6-9-14(10-7-13)11-3-4-11/h11H,2-10H2,1H3. The number of nitrogens with zero attached hydrogens (tertiary/aromatic N) is 2. The summed E-state index contributed by atoms with van der Waals surface area (Å²) in [6, 6.07) is 0.865. The SMILES string of the molecule is CCN1CCC(=O)C12CCN(C1CC1)CC2. The molecule has 3 heteroatoms. The van der Waals surface area contributed by atoms with E-state index in [4.69, 9.17) is 0 Å². The number of likely N-dealkylation sites (tertiary alicyclic amines) is 2. The molecule has 3 aliphatic rings. The summed E-state index contributed by atoms with van der Waals surface area (Å²) in [5, 5.41) is 0. The van der Waals surface area contributed by atoms with E-state index in [-0.39, 0.29) is 5.54 Å². The number of carbonyl (C=O) groups excluding carboxylic acids is 1. The molecule has 2 aliphatic heterocycles. The molecule has 0 aromatic rings. The maximum Gasteiger partial charge on any atom is 0.154 e. The van der Waals surface area contributed by atoms with Crippen LogP contribution in [0.3, 0.4) is 0 Å². The molecule has 0 bridgehead atoms. The summed E-state index contributed by atoms with van der Waals surface area (Å²) in [5.41, 5.74) is -0.0554. The highest BCUT2D eigenvalue weighted by Gasteiger charge is 2.49. The number of ketones is 1. The van der Waals surface area contributed by atoms with E-state index in [0.717, 1.165) is 51.5 Å². The van der Waals surface area contributed by atoms with Crippen LogP contribution in [0.15, 0.2) is 0 Å². The van der Waals surface area contributed by atoms with E-state index in [1.165, 1.54) is 12.8 Å². The van der Waals surface area contributed by atoms with E-state index < -0.39 is 0 Å². The Morgan fingerprint density at radius 1 is 1.25 bits per heavy atom. The van der Waals surface area contributed by atoms with Crippen LogP contribution in [0.25, 0.3) is 0 Å². The van der Waals surface area contributed by atoms with Crippen LogP contribution >= 0.6 is 0 Å². The van der Waals surface area contributed by atoms with Crippen molar-refractivity contribution in [3.8, 4) is 0 Å². The number of Topliss-reactive ketones (excluding diaryl/α,β-unsaturated/α-hetero) is 1. The van der Waals surface area contributed by atoms with Gasteiger partial charge in [-0.25, -0.2) is 0 Å². The Morgan fingerprint density at radius 2 is 1.94 bits per heavy atom. The Hall–Kier alpha value is -0.410. The molecule has 0 aromatic heterocycles. The molecule has 0 aromatic carbocycles. The summed E-state index contributed by atoms with van der Waals surface area (Å²) in [4.78, 5) is 17.2. The minimum absolute atomic E-state index is 0.0554. The zero-order chi connectivity index (χ0) is 11.2. The predicted octanol–water partition coefficient (Wildman–Crippen LogP) is 1.28. The zero-order valence-electron chi connectivity index (χ0n) is 10.2. The molecule has 2 heterocycles. The lowest BCUT2D eigenvalue weighted by Gasteiger charge is -2.43. The second-order valence-electron chi connectivity index (χ2n) is 5.55. The number of rotatable bonds is 2. The van der Waals surface area contributed by atoms with Crippen LogP contribution in [0, 0.1) is 0 Å². The van der Waals surface area contributed by atoms with E-state index in [1.807, 2.05) is 0 Å². The van der Waals surface area contributed by atoms with Gasteiger partial charge in [0, 0.05) is 32.1 Å². The Balaban J connectivity index is 1.71. The van der Waals surface area contributed by atoms with E-state index in [0.29, 0.717) is 5.78 Å². The summed E-state index contributed by atoms with van der Waals surface area (Å²) in [6.07, 6.45) is 5.72. The Morgan fingerprint density at radius 3 is 2.50 bits per heavy atom. The van der Waals surface area contributed by atoms with Crippen molar-refractivity contribution < 1.29 is 4.79 Å². The van der Waals surface area contributed by atoms with Crippen molar-refractivity contribution in [2.45, 2.75) is 50.6 Å². The van der Waals surface area contributed by atoms with Gasteiger partial charge >= 0.3 is 0 Å². The number of hydrogen-bond donors (Lipinski definition) is 0. The van der Waals surface area contributed by atoms with Gasteiger partial charge in [-0.1, -0.05) is 6.92 Å². The Kier molecular flexibility index (Phi) is 2.55. The maximum absolute atomic E-state index is 12.2. The van der Waals surface area contributed by atoms with E-state index in [9.17, 15) is 4.79 Å². The first-order chi connectivity index (χ1) is 7.76. The molecule has 90 valence electrons. The summed E-state index contributed by atoms with van der Waals surface area (Å²) in [7, 11) is 0. The number of carbonyl (C=O) groups is 1. The third-order valence-electron chi connectivity index (χ3n) is 4.80. The summed E-state index contributed by atoms with van der Waals surface area (Å²) in [6.45, 7) is 6.52. The minimum atomic E-state index is -0.0554. The predicted molar refractivity (Wildman–Crippen MR) is 63.4 cm³/mol. The third kappa shape index (κ3) is 1.52. The van der Waals surface area contributed by atoms with Crippen molar-refractivity contribution in [1.29, 1.82) is 0 Å². The second kappa shape index (κ2) is 3.81. The molecule has 3 rings (SSSR count). The van der Waals surface area contributed by atoms with Crippen LogP contribution in [-0.4, -0.2) is 53.3 Å². The highest BCUT2D eigenvalue weighted by Crippen LogP contribution is 2.38.